The van der Waals surface area contributed by atoms with Crippen molar-refractivity contribution < 1.29 is 4.39 Å². The number of halogens is 2. The summed E-state index contributed by atoms with van der Waals surface area (Å²) >= 11 is 0. The van der Waals surface area contributed by atoms with E-state index in [0.717, 1.165) is 45.4 Å². The summed E-state index contributed by atoms with van der Waals surface area (Å²) in [5.41, 5.74) is -1.05. The molecule has 0 aromatic carbocycles. The highest BCUT2D eigenvalue weighted by atomic mass is 35.5. The topological polar surface area (TPSA) is 98.2 Å². The fraction of sp³-hybridized carbons (Fsp3) is 0.588. The Morgan fingerprint density at radius 3 is 2.63 bits per heavy atom. The van der Waals surface area contributed by atoms with Crippen LogP contribution in [-0.2, 0) is 0 Å². The van der Waals surface area contributed by atoms with Crippen LogP contribution in [0, 0.1) is 17.7 Å². The Morgan fingerprint density at radius 1 is 1.19 bits per heavy atom. The summed E-state index contributed by atoms with van der Waals surface area (Å²) < 4.78 is 16.8. The van der Waals surface area contributed by atoms with E-state index < -0.39 is 17.1 Å². The molecule has 27 heavy (non-hydrogen) atoms. The van der Waals surface area contributed by atoms with E-state index in [9.17, 15) is 14.0 Å². The minimum Gasteiger partial charge on any atom is -0.353 e. The average Bonchev–Trinajstić information content (AvgIpc) is 3.37. The number of rotatable bonds is 2. The molecular weight excluding hydrogens is 375 g/mol. The fourth-order valence-electron chi connectivity index (χ4n) is 4.36. The van der Waals surface area contributed by atoms with Gasteiger partial charge in [-0.15, -0.1) is 12.4 Å². The van der Waals surface area contributed by atoms with Crippen LogP contribution in [0.1, 0.15) is 25.3 Å². The Labute approximate surface area is 160 Å². The molecule has 0 radical (unpaired) electrons. The lowest BCUT2D eigenvalue weighted by Gasteiger charge is -2.23. The van der Waals surface area contributed by atoms with Gasteiger partial charge in [0.25, 0.3) is 5.56 Å². The maximum absolute atomic E-state index is 14.8. The molecule has 3 aliphatic rings. The molecule has 0 spiro atoms. The molecule has 8 nitrogen and oxygen atoms in total. The van der Waals surface area contributed by atoms with Crippen molar-refractivity contribution in [1.29, 1.82) is 0 Å². The maximum Gasteiger partial charge on any atom is 0.351 e. The van der Waals surface area contributed by atoms with Gasteiger partial charge in [-0.1, -0.05) is 0 Å². The van der Waals surface area contributed by atoms with Crippen LogP contribution in [0.4, 0.5) is 10.2 Å². The van der Waals surface area contributed by atoms with Crippen LogP contribution in [0.3, 0.4) is 0 Å². The standard InChI is InChI=1S/C17H21FN6O2.ClH/c18-13-5-12-14(23(11-1-2-11)17(26)24(19)16(12)25)21-15(13)22-7-9-3-4-20-6-10(9)8-22;/h5,9-11,20H,1-4,6-8,19H2;1H. The zero-order valence-electron chi connectivity index (χ0n) is 14.7. The number of aromatic nitrogens is 3. The summed E-state index contributed by atoms with van der Waals surface area (Å²) in [6.07, 6.45) is 2.74. The quantitative estimate of drug-likeness (QED) is 0.704. The van der Waals surface area contributed by atoms with Crippen LogP contribution in [0.2, 0.25) is 0 Å². The predicted octanol–water partition coefficient (Wildman–Crippen LogP) is 0.213. The molecule has 1 aliphatic carbocycles. The molecule has 3 fully saturated rings. The number of nitrogens with zero attached hydrogens (tertiary/aromatic N) is 4. The molecule has 2 aliphatic heterocycles. The van der Waals surface area contributed by atoms with Gasteiger partial charge in [0, 0.05) is 19.1 Å². The van der Waals surface area contributed by atoms with Crippen molar-refractivity contribution in [3.05, 3.63) is 32.7 Å². The van der Waals surface area contributed by atoms with E-state index in [0.29, 0.717) is 16.5 Å². The molecule has 10 heteroatoms. The first-order valence-electron chi connectivity index (χ1n) is 9.13. The van der Waals surface area contributed by atoms with Gasteiger partial charge in [-0.3, -0.25) is 9.36 Å². The Hall–Kier alpha value is -2.13. The van der Waals surface area contributed by atoms with Gasteiger partial charge in [0.2, 0.25) is 0 Å². The molecule has 146 valence electrons. The first-order chi connectivity index (χ1) is 12.5. The number of nitrogens with two attached hydrogens (primary N) is 1. The SMILES string of the molecule is Cl.Nn1c(=O)c2cc(F)c(N3CC4CCNCC4C3)nc2n(C2CC2)c1=O. The average molecular weight is 397 g/mol. The summed E-state index contributed by atoms with van der Waals surface area (Å²) in [5, 5.41) is 3.44. The van der Waals surface area contributed by atoms with Crippen molar-refractivity contribution in [1.82, 2.24) is 19.5 Å². The van der Waals surface area contributed by atoms with E-state index in [4.69, 9.17) is 5.84 Å². The van der Waals surface area contributed by atoms with E-state index in [1.807, 2.05) is 4.90 Å². The van der Waals surface area contributed by atoms with E-state index in [2.05, 4.69) is 10.3 Å². The van der Waals surface area contributed by atoms with E-state index in [1.165, 1.54) is 10.6 Å². The van der Waals surface area contributed by atoms with Crippen LogP contribution < -0.4 is 27.3 Å². The van der Waals surface area contributed by atoms with Crippen LogP contribution in [-0.4, -0.2) is 40.4 Å². The summed E-state index contributed by atoms with van der Waals surface area (Å²) in [4.78, 5) is 31.2. The molecule has 2 atom stereocenters. The molecular formula is C17H22ClFN6O2. The number of nitrogen functional groups attached to an aromatic ring is 1. The van der Waals surface area contributed by atoms with Gasteiger partial charge in [-0.25, -0.2) is 14.2 Å². The number of hydrogen-bond acceptors (Lipinski definition) is 6. The molecule has 4 heterocycles. The molecule has 0 bridgehead atoms. The largest absolute Gasteiger partial charge is 0.353 e. The van der Waals surface area contributed by atoms with Crippen molar-refractivity contribution in [2.24, 2.45) is 11.8 Å². The summed E-state index contributed by atoms with van der Waals surface area (Å²) in [6, 6.07) is 1.17. The fourth-order valence-corrected chi connectivity index (χ4v) is 4.36. The van der Waals surface area contributed by atoms with E-state index >= 15 is 0 Å². The van der Waals surface area contributed by atoms with Crippen LogP contribution in [0.15, 0.2) is 15.7 Å². The molecule has 0 amide bonds. The highest BCUT2D eigenvalue weighted by Gasteiger charge is 2.36. The van der Waals surface area contributed by atoms with Gasteiger partial charge in [-0.2, -0.15) is 4.68 Å². The Morgan fingerprint density at radius 2 is 1.93 bits per heavy atom. The number of piperidine rings is 1. The van der Waals surface area contributed by atoms with Gasteiger partial charge in [0.15, 0.2) is 17.3 Å². The number of hydrogen-bond donors (Lipinski definition) is 2. The van der Waals surface area contributed by atoms with Gasteiger partial charge in [0.05, 0.1) is 5.39 Å². The Balaban J connectivity index is 0.00000180. The second-order valence-electron chi connectivity index (χ2n) is 7.64. The first kappa shape index (κ1) is 18.2. The smallest absolute Gasteiger partial charge is 0.351 e. The Kier molecular flexibility index (Phi) is 4.38. The number of anilines is 1. The van der Waals surface area contributed by atoms with Crippen molar-refractivity contribution in [2.75, 3.05) is 36.9 Å². The lowest BCUT2D eigenvalue weighted by atomic mass is 9.90. The van der Waals surface area contributed by atoms with E-state index in [1.54, 1.807) is 0 Å². The Bertz CT molecular complexity index is 1000. The normalized spacial score (nSPS) is 24.7. The molecule has 3 N–H and O–H groups in total. The monoisotopic (exact) mass is 396 g/mol. The molecule has 1 saturated carbocycles. The van der Waals surface area contributed by atoms with Crippen molar-refractivity contribution >= 4 is 29.3 Å². The third-order valence-corrected chi connectivity index (χ3v) is 5.91. The lowest BCUT2D eigenvalue weighted by molar-refractivity contribution is 0.318. The lowest BCUT2D eigenvalue weighted by Crippen LogP contribution is -2.45. The van der Waals surface area contributed by atoms with Crippen LogP contribution in [0.5, 0.6) is 0 Å². The summed E-state index contributed by atoms with van der Waals surface area (Å²) in [6.45, 7) is 3.40. The maximum atomic E-state index is 14.8. The van der Waals surface area contributed by atoms with Crippen LogP contribution >= 0.6 is 12.4 Å². The zero-order valence-corrected chi connectivity index (χ0v) is 15.5. The minimum absolute atomic E-state index is 0. The van der Waals surface area contributed by atoms with Crippen molar-refractivity contribution in [3.63, 3.8) is 0 Å². The van der Waals surface area contributed by atoms with Crippen LogP contribution in [0.25, 0.3) is 11.0 Å². The molecule has 2 saturated heterocycles. The summed E-state index contributed by atoms with van der Waals surface area (Å²) in [5.74, 6) is 6.30. The third kappa shape index (κ3) is 2.80. The highest BCUT2D eigenvalue weighted by Crippen LogP contribution is 2.36. The second-order valence-corrected chi connectivity index (χ2v) is 7.64. The predicted molar refractivity (Wildman–Crippen MR) is 103 cm³/mol. The minimum atomic E-state index is -0.709. The van der Waals surface area contributed by atoms with Gasteiger partial charge in [-0.05, 0) is 50.3 Å². The number of nitrogens with one attached hydrogen (secondary N) is 1. The van der Waals surface area contributed by atoms with Gasteiger partial charge >= 0.3 is 5.69 Å². The third-order valence-electron chi connectivity index (χ3n) is 5.91. The first-order valence-corrected chi connectivity index (χ1v) is 9.13. The van der Waals surface area contributed by atoms with E-state index in [-0.39, 0.29) is 35.3 Å². The molecule has 2 aromatic heterocycles. The highest BCUT2D eigenvalue weighted by molar-refractivity contribution is 5.85. The summed E-state index contributed by atoms with van der Waals surface area (Å²) in [7, 11) is 0. The van der Waals surface area contributed by atoms with Gasteiger partial charge < -0.3 is 16.1 Å². The number of pyridine rings is 1. The van der Waals surface area contributed by atoms with Crippen molar-refractivity contribution in [2.45, 2.75) is 25.3 Å². The zero-order chi connectivity index (χ0) is 18.0. The van der Waals surface area contributed by atoms with Crippen molar-refractivity contribution in [3.8, 4) is 0 Å². The molecule has 5 rings (SSSR count). The van der Waals surface area contributed by atoms with Gasteiger partial charge in [0.1, 0.15) is 0 Å². The number of fused-ring (bicyclic) bond motifs is 2. The molecule has 2 aromatic rings. The molecule has 2 unspecified atom stereocenters. The second kappa shape index (κ2) is 6.49.